The van der Waals surface area contributed by atoms with Crippen molar-refractivity contribution in [2.24, 2.45) is 0 Å². The van der Waals surface area contributed by atoms with Crippen LogP contribution in [0.5, 0.6) is 0 Å². The number of rotatable bonds is 6. The number of amides is 1. The van der Waals surface area contributed by atoms with E-state index in [2.05, 4.69) is 10.2 Å². The van der Waals surface area contributed by atoms with E-state index in [1.54, 1.807) is 42.5 Å². The molecule has 1 aliphatic heterocycles. The molecule has 0 saturated carbocycles. The monoisotopic (exact) mass is 621 g/mol. The second kappa shape index (κ2) is 11.3. The van der Waals surface area contributed by atoms with Crippen LogP contribution in [0.3, 0.4) is 0 Å². The lowest BCUT2D eigenvalue weighted by molar-refractivity contribution is -0.132. The number of Topliss-reactive ketones (excluding diaryl/α,β-unsaturated/α-hetero) is 1. The van der Waals surface area contributed by atoms with Gasteiger partial charge in [-0.2, -0.15) is 0 Å². The molecule has 2 heterocycles. The molecule has 0 bridgehead atoms. The highest BCUT2D eigenvalue weighted by atomic mass is 35.5. The lowest BCUT2D eigenvalue weighted by Gasteiger charge is -2.23. The fraction of sp³-hybridized carbons (Fsp3) is 0.0769. The summed E-state index contributed by atoms with van der Waals surface area (Å²) in [6.07, 6.45) is 0. The van der Waals surface area contributed by atoms with Gasteiger partial charge < -0.3 is 5.11 Å². The van der Waals surface area contributed by atoms with E-state index >= 15 is 0 Å². The number of benzene rings is 3. The second-order valence-corrected chi connectivity index (χ2v) is 11.9. The summed E-state index contributed by atoms with van der Waals surface area (Å²) in [6.45, 7) is 0. The number of nitrogens with zero attached hydrogens (tertiary/aromatic N) is 3. The molecule has 0 radical (unpaired) electrons. The molecule has 1 aromatic heterocycles. The molecule has 5 rings (SSSR count). The highest BCUT2D eigenvalue weighted by Gasteiger charge is 2.49. The Balaban J connectivity index is 1.57. The molecule has 1 fully saturated rings. The molecule has 1 unspecified atom stereocenters. The molecule has 12 heteroatoms. The topological polar surface area (TPSA) is 83.4 Å². The van der Waals surface area contributed by atoms with Gasteiger partial charge in [-0.1, -0.05) is 93.8 Å². The standard InChI is InChI=1S/C26H15Cl4N3O3S2/c27-15-7-5-13(6-8-15)22(34)20-21(17-10-9-16(28)11-19(17)30)33(24(36)23(20)35)25-31-32-26(38-25)37-12-14-3-1-2-4-18(14)29/h1-11,21,34H,12H2/b22-20-. The van der Waals surface area contributed by atoms with E-state index in [9.17, 15) is 14.7 Å². The second-order valence-electron chi connectivity index (χ2n) is 8.07. The number of aliphatic hydroxyl groups excluding tert-OH is 1. The van der Waals surface area contributed by atoms with Crippen LogP contribution in [0, 0.1) is 0 Å². The minimum atomic E-state index is -1.06. The van der Waals surface area contributed by atoms with Gasteiger partial charge in [0.2, 0.25) is 5.13 Å². The van der Waals surface area contributed by atoms with Crippen molar-refractivity contribution in [3.8, 4) is 0 Å². The average molecular weight is 623 g/mol. The van der Waals surface area contributed by atoms with Crippen LogP contribution in [0.25, 0.3) is 5.76 Å². The molecule has 4 aromatic rings. The van der Waals surface area contributed by atoms with Crippen molar-refractivity contribution in [3.05, 3.63) is 109 Å². The molecule has 1 atom stereocenters. The molecular formula is C26H15Cl4N3O3S2. The van der Waals surface area contributed by atoms with Gasteiger partial charge in [0.1, 0.15) is 5.76 Å². The van der Waals surface area contributed by atoms with E-state index in [1.807, 2.05) is 18.2 Å². The molecule has 38 heavy (non-hydrogen) atoms. The molecule has 192 valence electrons. The maximum absolute atomic E-state index is 13.4. The number of hydrogen-bond donors (Lipinski definition) is 1. The Morgan fingerprint density at radius 1 is 0.921 bits per heavy atom. The largest absolute Gasteiger partial charge is 0.507 e. The smallest absolute Gasteiger partial charge is 0.301 e. The molecule has 1 N–H and O–H groups in total. The number of ketones is 1. The Bertz CT molecular complexity index is 1590. The predicted octanol–water partition coefficient (Wildman–Crippen LogP) is 8.07. The minimum absolute atomic E-state index is 0.137. The number of carbonyl (C=O) groups excluding carboxylic acids is 2. The summed E-state index contributed by atoms with van der Waals surface area (Å²) in [4.78, 5) is 27.9. The van der Waals surface area contributed by atoms with Crippen molar-refractivity contribution in [3.63, 3.8) is 0 Å². The third kappa shape index (κ3) is 5.30. The van der Waals surface area contributed by atoms with Crippen LogP contribution in [0.4, 0.5) is 5.13 Å². The van der Waals surface area contributed by atoms with Crippen molar-refractivity contribution in [1.82, 2.24) is 10.2 Å². The van der Waals surface area contributed by atoms with Gasteiger partial charge in [-0.25, -0.2) is 0 Å². The highest BCUT2D eigenvalue weighted by Crippen LogP contribution is 2.46. The van der Waals surface area contributed by atoms with Gasteiger partial charge in [-0.05, 0) is 53.6 Å². The van der Waals surface area contributed by atoms with Gasteiger partial charge in [0.25, 0.3) is 5.78 Å². The third-order valence-electron chi connectivity index (χ3n) is 5.73. The number of halogens is 4. The molecule has 3 aromatic carbocycles. The Hall–Kier alpha value is -2.59. The summed E-state index contributed by atoms with van der Waals surface area (Å²) >= 11 is 27.4. The van der Waals surface area contributed by atoms with E-state index in [-0.39, 0.29) is 21.5 Å². The summed E-state index contributed by atoms with van der Waals surface area (Å²) < 4.78 is 0.570. The van der Waals surface area contributed by atoms with Gasteiger partial charge in [-0.3, -0.25) is 14.5 Å². The van der Waals surface area contributed by atoms with Crippen LogP contribution in [0.2, 0.25) is 20.1 Å². The van der Waals surface area contributed by atoms with E-state index in [1.165, 1.54) is 22.7 Å². The number of aliphatic hydroxyl groups is 1. The van der Waals surface area contributed by atoms with E-state index in [4.69, 9.17) is 46.4 Å². The fourth-order valence-corrected chi connectivity index (χ4v) is 6.71. The van der Waals surface area contributed by atoms with Gasteiger partial charge in [0, 0.05) is 31.4 Å². The Morgan fingerprint density at radius 2 is 1.63 bits per heavy atom. The van der Waals surface area contributed by atoms with Gasteiger partial charge in [-0.15, -0.1) is 10.2 Å². The van der Waals surface area contributed by atoms with Crippen LogP contribution < -0.4 is 4.90 Å². The van der Waals surface area contributed by atoms with Gasteiger partial charge in [0.05, 0.1) is 11.6 Å². The summed E-state index contributed by atoms with van der Waals surface area (Å²) in [6, 6.07) is 17.4. The normalized spacial score (nSPS) is 16.8. The molecule has 0 spiro atoms. The first-order chi connectivity index (χ1) is 18.2. The Labute approximate surface area is 245 Å². The number of hydrogen-bond acceptors (Lipinski definition) is 7. The van der Waals surface area contributed by atoms with Crippen LogP contribution in [-0.2, 0) is 15.3 Å². The molecular weight excluding hydrogens is 608 g/mol. The van der Waals surface area contributed by atoms with Crippen LogP contribution in [-0.4, -0.2) is 27.0 Å². The molecule has 1 saturated heterocycles. The zero-order valence-electron chi connectivity index (χ0n) is 19.1. The van der Waals surface area contributed by atoms with E-state index < -0.39 is 17.7 Å². The first-order valence-electron chi connectivity index (χ1n) is 11.0. The summed E-state index contributed by atoms with van der Waals surface area (Å²) in [5, 5.41) is 21.5. The zero-order chi connectivity index (χ0) is 27.0. The zero-order valence-corrected chi connectivity index (χ0v) is 23.7. The summed E-state index contributed by atoms with van der Waals surface area (Å²) in [7, 11) is 0. The summed E-state index contributed by atoms with van der Waals surface area (Å²) in [5.74, 6) is -1.57. The van der Waals surface area contributed by atoms with E-state index in [0.29, 0.717) is 36.3 Å². The highest BCUT2D eigenvalue weighted by molar-refractivity contribution is 8.00. The lowest BCUT2D eigenvalue weighted by Crippen LogP contribution is -2.29. The van der Waals surface area contributed by atoms with Gasteiger partial charge in [0.15, 0.2) is 4.34 Å². The number of anilines is 1. The maximum Gasteiger partial charge on any atom is 0.301 e. The average Bonchev–Trinajstić information content (AvgIpc) is 3.46. The van der Waals surface area contributed by atoms with Crippen molar-refractivity contribution in [2.45, 2.75) is 16.1 Å². The van der Waals surface area contributed by atoms with Gasteiger partial charge >= 0.3 is 5.91 Å². The number of carbonyl (C=O) groups is 2. The minimum Gasteiger partial charge on any atom is -0.507 e. The maximum atomic E-state index is 13.4. The first kappa shape index (κ1) is 27.0. The van der Waals surface area contributed by atoms with Crippen LogP contribution in [0.1, 0.15) is 22.7 Å². The SMILES string of the molecule is O=C1C(=O)N(c2nnc(SCc3ccccc3Cl)s2)C(c2ccc(Cl)cc2Cl)/C1=C(/O)c1ccc(Cl)cc1. The number of thioether (sulfide) groups is 1. The molecule has 1 amide bonds. The molecule has 0 aliphatic carbocycles. The predicted molar refractivity (Wildman–Crippen MR) is 154 cm³/mol. The molecule has 1 aliphatic rings. The van der Waals surface area contributed by atoms with Crippen molar-refractivity contribution in [1.29, 1.82) is 0 Å². The Morgan fingerprint density at radius 3 is 2.34 bits per heavy atom. The van der Waals surface area contributed by atoms with Crippen LogP contribution >= 0.6 is 69.5 Å². The Kier molecular flexibility index (Phi) is 8.00. The van der Waals surface area contributed by atoms with Crippen molar-refractivity contribution in [2.75, 3.05) is 4.90 Å². The van der Waals surface area contributed by atoms with E-state index in [0.717, 1.165) is 16.9 Å². The molecule has 6 nitrogen and oxygen atoms in total. The quantitative estimate of drug-likeness (QED) is 0.0769. The summed E-state index contributed by atoms with van der Waals surface area (Å²) in [5.41, 5.74) is 1.50. The van der Waals surface area contributed by atoms with Crippen LogP contribution in [0.15, 0.2) is 76.6 Å². The first-order valence-corrected chi connectivity index (χ1v) is 14.3. The van der Waals surface area contributed by atoms with Crippen molar-refractivity contribution >= 4 is 92.1 Å². The number of aromatic nitrogens is 2. The third-order valence-corrected chi connectivity index (χ3v) is 9.02. The lowest BCUT2D eigenvalue weighted by atomic mass is 9.95. The fourth-order valence-electron chi connectivity index (χ4n) is 3.92. The van der Waals surface area contributed by atoms with Crippen molar-refractivity contribution < 1.29 is 14.7 Å².